The van der Waals surface area contributed by atoms with Crippen molar-refractivity contribution in [2.45, 2.75) is 32.4 Å². The summed E-state index contributed by atoms with van der Waals surface area (Å²) in [5.74, 6) is 1.84. The van der Waals surface area contributed by atoms with Gasteiger partial charge in [0.2, 0.25) is 5.78 Å². The molecule has 0 saturated heterocycles. The fraction of sp³-hybridized carbons (Fsp3) is 0.286. The molecule has 126 valence electrons. The van der Waals surface area contributed by atoms with Gasteiger partial charge in [-0.3, -0.25) is 9.69 Å². The molecule has 1 fully saturated rings. The molecule has 0 unspecified atom stereocenters. The summed E-state index contributed by atoms with van der Waals surface area (Å²) in [4.78, 5) is 15.1. The molecule has 0 N–H and O–H groups in total. The molecular weight excluding hydrogens is 314 g/mol. The highest BCUT2D eigenvalue weighted by Gasteiger charge is 2.37. The largest absolute Gasteiger partial charge is 0.478 e. The van der Waals surface area contributed by atoms with Crippen molar-refractivity contribution < 1.29 is 14.3 Å². The van der Waals surface area contributed by atoms with Crippen LogP contribution >= 0.6 is 0 Å². The SMILES string of the molecule is Cc1ccc(/C=C2\Oc3c(ccc4c3CN(C3CC3)CO4)C2=O)cc1. The van der Waals surface area contributed by atoms with Gasteiger partial charge in [-0.15, -0.1) is 0 Å². The standard InChI is InChI=1S/C21H19NO3/c1-13-2-4-14(5-3-13)10-19-20(23)16-8-9-18-17(21(16)25-19)11-22(12-24-18)15-6-7-15/h2-5,8-10,15H,6-7,11-12H2,1H3/b19-10-. The van der Waals surface area contributed by atoms with Crippen LogP contribution in [0.5, 0.6) is 11.5 Å². The molecule has 0 spiro atoms. The number of nitrogens with zero attached hydrogens (tertiary/aromatic N) is 1. The fourth-order valence-corrected chi connectivity index (χ4v) is 3.46. The van der Waals surface area contributed by atoms with Crippen molar-refractivity contribution in [2.75, 3.05) is 6.73 Å². The van der Waals surface area contributed by atoms with E-state index in [9.17, 15) is 4.79 Å². The summed E-state index contributed by atoms with van der Waals surface area (Å²) >= 11 is 0. The monoisotopic (exact) mass is 333 g/mol. The smallest absolute Gasteiger partial charge is 0.231 e. The molecule has 2 aromatic carbocycles. The Morgan fingerprint density at radius 1 is 1.12 bits per heavy atom. The Hall–Kier alpha value is -2.59. The number of ketones is 1. The first-order chi connectivity index (χ1) is 12.2. The Labute approximate surface area is 146 Å². The van der Waals surface area contributed by atoms with Crippen LogP contribution in [0.15, 0.2) is 42.2 Å². The number of hydrogen-bond acceptors (Lipinski definition) is 4. The average molecular weight is 333 g/mol. The maximum atomic E-state index is 12.7. The van der Waals surface area contributed by atoms with Gasteiger partial charge in [0, 0.05) is 12.6 Å². The van der Waals surface area contributed by atoms with Gasteiger partial charge in [0.15, 0.2) is 5.76 Å². The van der Waals surface area contributed by atoms with E-state index in [2.05, 4.69) is 4.90 Å². The van der Waals surface area contributed by atoms with E-state index in [0.29, 0.717) is 29.8 Å². The summed E-state index contributed by atoms with van der Waals surface area (Å²) < 4.78 is 11.9. The molecule has 2 aliphatic heterocycles. The summed E-state index contributed by atoms with van der Waals surface area (Å²) in [6, 6.07) is 12.4. The minimum absolute atomic E-state index is 0.0538. The van der Waals surface area contributed by atoms with Gasteiger partial charge in [0.25, 0.3) is 0 Å². The van der Waals surface area contributed by atoms with Crippen molar-refractivity contribution in [2.24, 2.45) is 0 Å². The number of benzene rings is 2. The predicted octanol–water partition coefficient (Wildman–Crippen LogP) is 3.93. The zero-order chi connectivity index (χ0) is 17.0. The van der Waals surface area contributed by atoms with Gasteiger partial charge in [0.05, 0.1) is 11.1 Å². The van der Waals surface area contributed by atoms with Gasteiger partial charge < -0.3 is 9.47 Å². The zero-order valence-corrected chi connectivity index (χ0v) is 14.1. The van der Waals surface area contributed by atoms with E-state index in [1.54, 1.807) is 0 Å². The Bertz CT molecular complexity index is 894. The van der Waals surface area contributed by atoms with Crippen molar-refractivity contribution in [1.29, 1.82) is 0 Å². The highest BCUT2D eigenvalue weighted by atomic mass is 16.5. The zero-order valence-electron chi connectivity index (χ0n) is 14.1. The van der Waals surface area contributed by atoms with Crippen LogP contribution in [0.1, 0.15) is 39.9 Å². The Balaban J connectivity index is 1.50. The van der Waals surface area contributed by atoms with Crippen molar-refractivity contribution in [3.8, 4) is 11.5 Å². The molecule has 3 aliphatic rings. The molecule has 0 amide bonds. The van der Waals surface area contributed by atoms with Gasteiger partial charge in [-0.2, -0.15) is 0 Å². The summed E-state index contributed by atoms with van der Waals surface area (Å²) in [6.07, 6.45) is 4.27. The Morgan fingerprint density at radius 3 is 2.68 bits per heavy atom. The summed E-state index contributed by atoms with van der Waals surface area (Å²) in [7, 11) is 0. The van der Waals surface area contributed by atoms with Crippen molar-refractivity contribution in [1.82, 2.24) is 4.90 Å². The average Bonchev–Trinajstić information content (AvgIpc) is 3.43. The molecule has 5 rings (SSSR count). The molecule has 1 aliphatic carbocycles. The van der Waals surface area contributed by atoms with Gasteiger partial charge in [0.1, 0.15) is 18.2 Å². The minimum atomic E-state index is -0.0538. The third-order valence-corrected chi connectivity index (χ3v) is 5.08. The summed E-state index contributed by atoms with van der Waals surface area (Å²) in [5.41, 5.74) is 3.79. The van der Waals surface area contributed by atoms with Gasteiger partial charge in [-0.25, -0.2) is 0 Å². The lowest BCUT2D eigenvalue weighted by molar-refractivity contribution is 0.0868. The second-order valence-electron chi connectivity index (χ2n) is 7.02. The molecule has 0 aromatic heterocycles. The number of fused-ring (bicyclic) bond motifs is 3. The number of hydrogen-bond donors (Lipinski definition) is 0. The molecule has 4 heteroatoms. The van der Waals surface area contributed by atoms with Crippen LogP contribution in [0.3, 0.4) is 0 Å². The van der Waals surface area contributed by atoms with Crippen LogP contribution in [0.2, 0.25) is 0 Å². The van der Waals surface area contributed by atoms with E-state index < -0.39 is 0 Å². The molecule has 25 heavy (non-hydrogen) atoms. The molecule has 1 saturated carbocycles. The lowest BCUT2D eigenvalue weighted by atomic mass is 10.0. The van der Waals surface area contributed by atoms with Gasteiger partial charge in [-0.05, 0) is 43.5 Å². The van der Waals surface area contributed by atoms with E-state index in [-0.39, 0.29) is 5.78 Å². The quantitative estimate of drug-likeness (QED) is 0.781. The number of carbonyl (C=O) groups is 1. The summed E-state index contributed by atoms with van der Waals surface area (Å²) in [6.45, 7) is 3.45. The van der Waals surface area contributed by atoms with E-state index in [0.717, 1.165) is 23.4 Å². The Morgan fingerprint density at radius 2 is 1.92 bits per heavy atom. The van der Waals surface area contributed by atoms with Crippen molar-refractivity contribution in [3.63, 3.8) is 0 Å². The van der Waals surface area contributed by atoms with Gasteiger partial charge in [-0.1, -0.05) is 29.8 Å². The molecular formula is C21H19NO3. The second kappa shape index (κ2) is 5.46. The number of ether oxygens (including phenoxy) is 2. The van der Waals surface area contributed by atoms with E-state index in [1.807, 2.05) is 49.4 Å². The number of Topliss-reactive ketones (excluding diaryl/α,β-unsaturated/α-hetero) is 1. The third kappa shape index (κ3) is 2.53. The van der Waals surface area contributed by atoms with Crippen LogP contribution in [-0.2, 0) is 6.54 Å². The first-order valence-corrected chi connectivity index (χ1v) is 8.73. The molecule has 2 heterocycles. The number of allylic oxidation sites excluding steroid dienone is 1. The van der Waals surface area contributed by atoms with E-state index in [4.69, 9.17) is 9.47 Å². The molecule has 0 atom stereocenters. The van der Waals surface area contributed by atoms with Crippen LogP contribution < -0.4 is 9.47 Å². The first kappa shape index (κ1) is 14.7. The van der Waals surface area contributed by atoms with Crippen LogP contribution in [-0.4, -0.2) is 23.5 Å². The molecule has 0 bridgehead atoms. The van der Waals surface area contributed by atoms with Crippen molar-refractivity contribution >= 4 is 11.9 Å². The van der Waals surface area contributed by atoms with Crippen LogP contribution in [0.4, 0.5) is 0 Å². The third-order valence-electron chi connectivity index (χ3n) is 5.08. The second-order valence-corrected chi connectivity index (χ2v) is 7.02. The highest BCUT2D eigenvalue weighted by Crippen LogP contribution is 2.43. The minimum Gasteiger partial charge on any atom is -0.478 e. The summed E-state index contributed by atoms with van der Waals surface area (Å²) in [5, 5.41) is 0. The lowest BCUT2D eigenvalue weighted by Crippen LogP contribution is -2.33. The number of rotatable bonds is 2. The molecule has 0 radical (unpaired) electrons. The normalized spacial score (nSPS) is 20.8. The Kier molecular flexibility index (Phi) is 3.22. The van der Waals surface area contributed by atoms with Crippen LogP contribution in [0.25, 0.3) is 6.08 Å². The maximum Gasteiger partial charge on any atom is 0.231 e. The van der Waals surface area contributed by atoms with Crippen molar-refractivity contribution in [3.05, 3.63) is 64.4 Å². The first-order valence-electron chi connectivity index (χ1n) is 8.73. The van der Waals surface area contributed by atoms with Crippen LogP contribution in [0, 0.1) is 6.92 Å². The highest BCUT2D eigenvalue weighted by molar-refractivity contribution is 6.15. The molecule has 2 aromatic rings. The van der Waals surface area contributed by atoms with Gasteiger partial charge >= 0.3 is 0 Å². The van der Waals surface area contributed by atoms with E-state index in [1.165, 1.54) is 18.4 Å². The number of aryl methyl sites for hydroxylation is 1. The number of carbonyl (C=O) groups excluding carboxylic acids is 1. The lowest BCUT2D eigenvalue weighted by Gasteiger charge is -2.29. The molecule has 4 nitrogen and oxygen atoms in total. The topological polar surface area (TPSA) is 38.8 Å². The van der Waals surface area contributed by atoms with E-state index >= 15 is 0 Å². The fourth-order valence-electron chi connectivity index (χ4n) is 3.46. The maximum absolute atomic E-state index is 12.7. The predicted molar refractivity (Wildman–Crippen MR) is 94.6 cm³/mol.